The molecule has 0 amide bonds. The molecule has 0 bridgehead atoms. The lowest BCUT2D eigenvalue weighted by Crippen LogP contribution is -2.71. The van der Waals surface area contributed by atoms with E-state index in [1.54, 1.807) is 0 Å². The first-order valence-electron chi connectivity index (χ1n) is 5.55. The minimum atomic E-state index is -0.712. The summed E-state index contributed by atoms with van der Waals surface area (Å²) in [4.78, 5) is 13.1. The zero-order valence-corrected chi connectivity index (χ0v) is 8.91. The third-order valence-corrected chi connectivity index (χ3v) is 3.52. The first-order valence-corrected chi connectivity index (χ1v) is 5.55. The molecule has 0 aliphatic carbocycles. The van der Waals surface area contributed by atoms with Crippen molar-refractivity contribution in [1.29, 1.82) is 0 Å². The summed E-state index contributed by atoms with van der Waals surface area (Å²) in [6.07, 6.45) is 2.38. The van der Waals surface area contributed by atoms with Gasteiger partial charge in [0.2, 0.25) is 0 Å². The summed E-state index contributed by atoms with van der Waals surface area (Å²) in [5.74, 6) is -0.712. The number of carboxylic acid groups (broad SMARTS) is 1. The number of hydrogen-bond donors (Lipinski definition) is 3. The smallest absolute Gasteiger partial charge is 0.305 e. The Kier molecular flexibility index (Phi) is 2.95. The highest BCUT2D eigenvalue weighted by Gasteiger charge is 2.45. The van der Waals surface area contributed by atoms with Gasteiger partial charge >= 0.3 is 5.97 Å². The average molecular weight is 213 g/mol. The molecule has 4 N–H and O–H groups in total. The predicted molar refractivity (Wildman–Crippen MR) is 56.6 cm³/mol. The summed E-state index contributed by atoms with van der Waals surface area (Å²) in [7, 11) is 0. The van der Waals surface area contributed by atoms with E-state index in [1.165, 1.54) is 0 Å². The van der Waals surface area contributed by atoms with Crippen LogP contribution in [0.3, 0.4) is 0 Å². The van der Waals surface area contributed by atoms with E-state index in [2.05, 4.69) is 10.2 Å². The predicted octanol–water partition coefficient (Wildman–Crippen LogP) is -0.774. The van der Waals surface area contributed by atoms with Gasteiger partial charge in [-0.2, -0.15) is 0 Å². The number of hydrogen-bond acceptors (Lipinski definition) is 4. The van der Waals surface area contributed by atoms with Gasteiger partial charge in [0, 0.05) is 25.7 Å². The van der Waals surface area contributed by atoms with Crippen LogP contribution >= 0.6 is 0 Å². The van der Waals surface area contributed by atoms with Gasteiger partial charge in [-0.3, -0.25) is 9.69 Å². The number of aliphatic carboxylic acids is 1. The number of piperidine rings is 1. The molecule has 86 valence electrons. The molecule has 0 spiro atoms. The molecule has 0 radical (unpaired) electrons. The Hall–Kier alpha value is -0.650. The van der Waals surface area contributed by atoms with Crippen molar-refractivity contribution < 1.29 is 9.90 Å². The van der Waals surface area contributed by atoms with Crippen molar-refractivity contribution in [3.8, 4) is 0 Å². The monoisotopic (exact) mass is 213 g/mol. The highest BCUT2D eigenvalue weighted by molar-refractivity contribution is 5.68. The Balaban J connectivity index is 2.01. The molecule has 5 heteroatoms. The summed E-state index contributed by atoms with van der Waals surface area (Å²) in [6.45, 7) is 3.40. The summed E-state index contributed by atoms with van der Waals surface area (Å²) < 4.78 is 0. The maximum atomic E-state index is 10.8. The van der Waals surface area contributed by atoms with Gasteiger partial charge in [0.25, 0.3) is 0 Å². The maximum Gasteiger partial charge on any atom is 0.305 e. The van der Waals surface area contributed by atoms with E-state index in [1.807, 2.05) is 0 Å². The molecule has 15 heavy (non-hydrogen) atoms. The average Bonchev–Trinajstić information content (AvgIpc) is 2.11. The Bertz CT molecular complexity index is 253. The fourth-order valence-corrected chi connectivity index (χ4v) is 2.60. The zero-order chi connectivity index (χ0) is 10.9. The number of nitrogens with one attached hydrogen (secondary N) is 1. The molecule has 0 aromatic carbocycles. The second kappa shape index (κ2) is 4.08. The number of rotatable bonds is 3. The van der Waals surface area contributed by atoms with Crippen LogP contribution in [0.25, 0.3) is 0 Å². The van der Waals surface area contributed by atoms with Crippen LogP contribution in [0.4, 0.5) is 0 Å². The standard InChI is InChI=1S/C10H19N3O2/c11-8-2-1-3-13(5-8)10(4-9(14)15)6-12-7-10/h8,12H,1-7,11H2,(H,14,15). The number of carboxylic acids is 1. The van der Waals surface area contributed by atoms with E-state index in [0.29, 0.717) is 0 Å². The molecule has 2 aliphatic heterocycles. The minimum Gasteiger partial charge on any atom is -0.481 e. The van der Waals surface area contributed by atoms with Crippen LogP contribution in [0, 0.1) is 0 Å². The lowest BCUT2D eigenvalue weighted by Gasteiger charge is -2.52. The molecule has 5 nitrogen and oxygen atoms in total. The Morgan fingerprint density at radius 3 is 2.80 bits per heavy atom. The lowest BCUT2D eigenvalue weighted by molar-refractivity contribution is -0.142. The van der Waals surface area contributed by atoms with Crippen molar-refractivity contribution in [2.75, 3.05) is 26.2 Å². The molecular weight excluding hydrogens is 194 g/mol. The van der Waals surface area contributed by atoms with Gasteiger partial charge < -0.3 is 16.2 Å². The van der Waals surface area contributed by atoms with Crippen LogP contribution in [0.1, 0.15) is 19.3 Å². The summed E-state index contributed by atoms with van der Waals surface area (Å²) in [5.41, 5.74) is 5.76. The van der Waals surface area contributed by atoms with E-state index >= 15 is 0 Å². The number of likely N-dealkylation sites (tertiary alicyclic amines) is 1. The van der Waals surface area contributed by atoms with Gasteiger partial charge in [-0.15, -0.1) is 0 Å². The van der Waals surface area contributed by atoms with E-state index in [0.717, 1.165) is 39.0 Å². The second-order valence-electron chi connectivity index (χ2n) is 4.75. The third-order valence-electron chi connectivity index (χ3n) is 3.52. The van der Waals surface area contributed by atoms with Crippen molar-refractivity contribution in [3.05, 3.63) is 0 Å². The van der Waals surface area contributed by atoms with Gasteiger partial charge in [-0.1, -0.05) is 0 Å². The normalized spacial score (nSPS) is 30.9. The first kappa shape index (κ1) is 10.9. The van der Waals surface area contributed by atoms with Crippen molar-refractivity contribution in [2.24, 2.45) is 5.73 Å². The number of nitrogens with zero attached hydrogens (tertiary/aromatic N) is 1. The molecule has 2 heterocycles. The van der Waals surface area contributed by atoms with E-state index < -0.39 is 5.97 Å². The van der Waals surface area contributed by atoms with Crippen molar-refractivity contribution in [3.63, 3.8) is 0 Å². The van der Waals surface area contributed by atoms with Crippen LogP contribution in [0.15, 0.2) is 0 Å². The van der Waals surface area contributed by atoms with Gasteiger partial charge in [0.1, 0.15) is 0 Å². The first-order chi connectivity index (χ1) is 7.12. The van der Waals surface area contributed by atoms with Crippen LogP contribution in [-0.4, -0.2) is 53.7 Å². The Labute approximate surface area is 89.6 Å². The van der Waals surface area contributed by atoms with E-state index in [-0.39, 0.29) is 18.0 Å². The molecule has 1 unspecified atom stereocenters. The second-order valence-corrected chi connectivity index (χ2v) is 4.75. The fourth-order valence-electron chi connectivity index (χ4n) is 2.60. The summed E-state index contributed by atoms with van der Waals surface area (Å²) in [6, 6.07) is 0.213. The highest BCUT2D eigenvalue weighted by Crippen LogP contribution is 2.27. The molecule has 2 fully saturated rings. The van der Waals surface area contributed by atoms with Gasteiger partial charge in [0.15, 0.2) is 0 Å². The molecule has 2 saturated heterocycles. The fraction of sp³-hybridized carbons (Fsp3) is 0.900. The summed E-state index contributed by atoms with van der Waals surface area (Å²) in [5, 5.41) is 12.1. The largest absolute Gasteiger partial charge is 0.481 e. The van der Waals surface area contributed by atoms with Crippen molar-refractivity contribution >= 4 is 5.97 Å². The topological polar surface area (TPSA) is 78.6 Å². The molecular formula is C10H19N3O2. The molecule has 1 atom stereocenters. The van der Waals surface area contributed by atoms with E-state index in [4.69, 9.17) is 10.8 Å². The lowest BCUT2D eigenvalue weighted by atomic mass is 9.84. The minimum absolute atomic E-state index is 0.163. The SMILES string of the molecule is NC1CCCN(C2(CC(=O)O)CNC2)C1. The third kappa shape index (κ3) is 2.14. The van der Waals surface area contributed by atoms with Crippen LogP contribution in [0.5, 0.6) is 0 Å². The molecule has 0 saturated carbocycles. The summed E-state index contributed by atoms with van der Waals surface area (Å²) >= 11 is 0. The number of carbonyl (C=O) groups is 1. The Morgan fingerprint density at radius 2 is 2.33 bits per heavy atom. The van der Waals surface area contributed by atoms with Gasteiger partial charge in [-0.05, 0) is 19.4 Å². The number of nitrogens with two attached hydrogens (primary N) is 1. The zero-order valence-electron chi connectivity index (χ0n) is 8.91. The van der Waals surface area contributed by atoms with Gasteiger partial charge in [0.05, 0.1) is 12.0 Å². The van der Waals surface area contributed by atoms with E-state index in [9.17, 15) is 4.79 Å². The molecule has 0 aromatic rings. The molecule has 0 aromatic heterocycles. The van der Waals surface area contributed by atoms with Crippen LogP contribution in [-0.2, 0) is 4.79 Å². The highest BCUT2D eigenvalue weighted by atomic mass is 16.4. The van der Waals surface area contributed by atoms with Crippen molar-refractivity contribution in [2.45, 2.75) is 30.8 Å². The maximum absolute atomic E-state index is 10.8. The van der Waals surface area contributed by atoms with Gasteiger partial charge in [-0.25, -0.2) is 0 Å². The Morgan fingerprint density at radius 1 is 1.60 bits per heavy atom. The van der Waals surface area contributed by atoms with Crippen LogP contribution in [0.2, 0.25) is 0 Å². The van der Waals surface area contributed by atoms with Crippen molar-refractivity contribution in [1.82, 2.24) is 10.2 Å². The molecule has 2 rings (SSSR count). The quantitative estimate of drug-likeness (QED) is 0.573. The van der Waals surface area contributed by atoms with Crippen LogP contribution < -0.4 is 11.1 Å². The molecule has 2 aliphatic rings.